The van der Waals surface area contributed by atoms with Gasteiger partial charge in [-0.3, -0.25) is 9.52 Å². The molecule has 7 nitrogen and oxygen atoms in total. The van der Waals surface area contributed by atoms with E-state index in [2.05, 4.69) is 15.4 Å². The van der Waals surface area contributed by atoms with E-state index in [4.69, 9.17) is 11.6 Å². The van der Waals surface area contributed by atoms with Crippen molar-refractivity contribution < 1.29 is 22.7 Å². The van der Waals surface area contributed by atoms with E-state index in [1.54, 1.807) is 6.92 Å². The molecule has 2 aromatic rings. The molecule has 0 spiro atoms. The zero-order valence-corrected chi connectivity index (χ0v) is 16.5. The molecule has 0 fully saturated rings. The van der Waals surface area contributed by atoms with E-state index in [9.17, 15) is 22.7 Å². The van der Waals surface area contributed by atoms with Crippen molar-refractivity contribution in [3.63, 3.8) is 0 Å². The van der Waals surface area contributed by atoms with Gasteiger partial charge in [-0.1, -0.05) is 11.6 Å². The van der Waals surface area contributed by atoms with Crippen LogP contribution < -0.4 is 15.4 Å². The number of sulfonamides is 1. The van der Waals surface area contributed by atoms with E-state index >= 15 is 0 Å². The molecule has 0 unspecified atom stereocenters. The average molecular weight is 428 g/mol. The highest BCUT2D eigenvalue weighted by Gasteiger charge is 2.25. The number of carbonyl (C=O) groups excluding carboxylic acids is 1. The summed E-state index contributed by atoms with van der Waals surface area (Å²) in [5, 5.41) is 14.8. The van der Waals surface area contributed by atoms with Gasteiger partial charge in [-0.15, -0.1) is 0 Å². The fraction of sp³-hybridized carbons (Fsp3) is 0.278. The summed E-state index contributed by atoms with van der Waals surface area (Å²) in [6.07, 6.45) is 0.662. The number of benzene rings is 2. The van der Waals surface area contributed by atoms with Gasteiger partial charge in [-0.2, -0.15) is 0 Å². The molecule has 28 heavy (non-hydrogen) atoms. The first-order chi connectivity index (χ1) is 13.2. The highest BCUT2D eigenvalue weighted by molar-refractivity contribution is 7.92. The van der Waals surface area contributed by atoms with Crippen molar-refractivity contribution in [2.75, 3.05) is 22.0 Å². The van der Waals surface area contributed by atoms with Crippen LogP contribution in [0.1, 0.15) is 18.9 Å². The first-order valence-electron chi connectivity index (χ1n) is 8.51. The Labute approximate surface area is 167 Å². The number of aliphatic hydroxyl groups is 1. The molecule has 0 saturated carbocycles. The number of anilines is 3. The fourth-order valence-electron chi connectivity index (χ4n) is 2.82. The molecule has 0 bridgehead atoms. The predicted molar refractivity (Wildman–Crippen MR) is 106 cm³/mol. The minimum atomic E-state index is -4.06. The normalized spacial score (nSPS) is 14.8. The van der Waals surface area contributed by atoms with E-state index in [0.29, 0.717) is 17.7 Å². The molecular weight excluding hydrogens is 409 g/mol. The largest absolute Gasteiger partial charge is 0.394 e. The first-order valence-corrected chi connectivity index (χ1v) is 10.4. The molecule has 1 aliphatic heterocycles. The van der Waals surface area contributed by atoms with E-state index in [1.165, 1.54) is 24.3 Å². The molecule has 150 valence electrons. The predicted octanol–water partition coefficient (Wildman–Crippen LogP) is 2.96. The Morgan fingerprint density at radius 1 is 1.29 bits per heavy atom. The van der Waals surface area contributed by atoms with Crippen LogP contribution in [0.2, 0.25) is 5.02 Å². The lowest BCUT2D eigenvalue weighted by atomic mass is 10.0. The lowest BCUT2D eigenvalue weighted by Gasteiger charge is -2.23. The molecular formula is C18H19ClFN3O4S. The molecule has 1 heterocycles. The quantitative estimate of drug-likeness (QED) is 0.567. The number of hydrogen-bond acceptors (Lipinski definition) is 5. The summed E-state index contributed by atoms with van der Waals surface area (Å²) in [5.41, 5.74) is 1.54. The molecule has 2 aromatic carbocycles. The van der Waals surface area contributed by atoms with Crippen LogP contribution in [0.25, 0.3) is 0 Å². The fourth-order valence-corrected chi connectivity index (χ4v) is 4.25. The molecule has 4 N–H and O–H groups in total. The van der Waals surface area contributed by atoms with Crippen molar-refractivity contribution in [1.82, 2.24) is 0 Å². The summed E-state index contributed by atoms with van der Waals surface area (Å²) < 4.78 is 41.7. The monoisotopic (exact) mass is 427 g/mol. The molecule has 0 saturated heterocycles. The lowest BCUT2D eigenvalue weighted by Crippen LogP contribution is -2.25. The van der Waals surface area contributed by atoms with Crippen molar-refractivity contribution in [1.29, 1.82) is 0 Å². The lowest BCUT2D eigenvalue weighted by molar-refractivity contribution is -0.116. The van der Waals surface area contributed by atoms with E-state index in [0.717, 1.165) is 6.07 Å². The molecule has 1 aliphatic rings. The van der Waals surface area contributed by atoms with Crippen molar-refractivity contribution in [3.05, 3.63) is 46.7 Å². The minimum absolute atomic E-state index is 0.0526. The average Bonchev–Trinajstić information content (AvgIpc) is 2.63. The van der Waals surface area contributed by atoms with Crippen molar-refractivity contribution in [2.24, 2.45) is 0 Å². The topological polar surface area (TPSA) is 108 Å². The van der Waals surface area contributed by atoms with Gasteiger partial charge < -0.3 is 15.7 Å². The van der Waals surface area contributed by atoms with Crippen LogP contribution >= 0.6 is 11.6 Å². The smallest absolute Gasteiger partial charge is 0.263 e. The second-order valence-electron chi connectivity index (χ2n) is 6.52. The second kappa shape index (κ2) is 7.94. The van der Waals surface area contributed by atoms with E-state index in [-0.39, 0.29) is 40.2 Å². The Morgan fingerprint density at radius 3 is 2.71 bits per heavy atom. The summed E-state index contributed by atoms with van der Waals surface area (Å²) in [7, 11) is -4.06. The van der Waals surface area contributed by atoms with Gasteiger partial charge in [0, 0.05) is 18.2 Å². The van der Waals surface area contributed by atoms with Crippen LogP contribution in [0.3, 0.4) is 0 Å². The molecule has 3 rings (SSSR count). The first kappa shape index (κ1) is 20.4. The maximum absolute atomic E-state index is 13.3. The summed E-state index contributed by atoms with van der Waals surface area (Å²) >= 11 is 5.73. The molecule has 0 aromatic heterocycles. The highest BCUT2D eigenvalue weighted by atomic mass is 35.5. The van der Waals surface area contributed by atoms with Crippen LogP contribution in [0.4, 0.5) is 21.5 Å². The Balaban J connectivity index is 2.04. The van der Waals surface area contributed by atoms with Gasteiger partial charge >= 0.3 is 0 Å². The van der Waals surface area contributed by atoms with Gasteiger partial charge in [0.15, 0.2) is 0 Å². The Kier molecular flexibility index (Phi) is 5.78. The van der Waals surface area contributed by atoms with Crippen LogP contribution in [-0.2, 0) is 21.2 Å². The standard InChI is InChI=1S/C18H19ClFN3O4S/c1-10(9-24)21-16-8-15-11(2-5-18(25)22-15)6-17(16)28(26,27)23-12-3-4-14(20)13(19)7-12/h3-4,6-8,10,21,23-24H,2,5,9H2,1H3,(H,22,25)/t10-/m0/s1. The number of hydrogen-bond donors (Lipinski definition) is 4. The van der Waals surface area contributed by atoms with Crippen molar-refractivity contribution >= 4 is 44.6 Å². The summed E-state index contributed by atoms with van der Waals surface area (Å²) in [5.74, 6) is -0.809. The number of nitrogens with one attached hydrogen (secondary N) is 3. The summed E-state index contributed by atoms with van der Waals surface area (Å²) in [6, 6.07) is 6.10. The van der Waals surface area contributed by atoms with Gasteiger partial charge in [0.25, 0.3) is 10.0 Å². The molecule has 1 atom stereocenters. The maximum Gasteiger partial charge on any atom is 0.263 e. The molecule has 10 heteroatoms. The third-order valence-electron chi connectivity index (χ3n) is 4.24. The number of halogens is 2. The van der Waals surface area contributed by atoms with E-state index in [1.807, 2.05) is 0 Å². The molecule has 1 amide bonds. The summed E-state index contributed by atoms with van der Waals surface area (Å²) in [4.78, 5) is 11.6. The number of amides is 1. The third-order valence-corrected chi connectivity index (χ3v) is 5.95. The SMILES string of the molecule is C[C@@H](CO)Nc1cc2c(cc1S(=O)(=O)Nc1ccc(F)c(Cl)c1)CCC(=O)N2. The van der Waals surface area contributed by atoms with Gasteiger partial charge in [-0.25, -0.2) is 12.8 Å². The van der Waals surface area contributed by atoms with Crippen LogP contribution in [0, 0.1) is 5.82 Å². The molecule has 0 aliphatic carbocycles. The zero-order valence-electron chi connectivity index (χ0n) is 14.9. The van der Waals surface area contributed by atoms with E-state index < -0.39 is 21.9 Å². The van der Waals surface area contributed by atoms with Gasteiger partial charge in [-0.05, 0) is 49.2 Å². The number of rotatable bonds is 6. The van der Waals surface area contributed by atoms with Gasteiger partial charge in [0.2, 0.25) is 5.91 Å². The van der Waals surface area contributed by atoms with Gasteiger partial charge in [0.1, 0.15) is 10.7 Å². The second-order valence-corrected chi connectivity index (χ2v) is 8.57. The van der Waals surface area contributed by atoms with Crippen LogP contribution in [0.15, 0.2) is 35.2 Å². The Morgan fingerprint density at radius 2 is 2.04 bits per heavy atom. The van der Waals surface area contributed by atoms with Crippen LogP contribution in [0.5, 0.6) is 0 Å². The number of fused-ring (bicyclic) bond motifs is 1. The third kappa shape index (κ3) is 4.37. The maximum atomic E-state index is 13.3. The van der Waals surface area contributed by atoms with Gasteiger partial charge in [0.05, 0.1) is 23.0 Å². The number of aliphatic hydroxyl groups excluding tert-OH is 1. The van der Waals surface area contributed by atoms with Crippen molar-refractivity contribution in [2.45, 2.75) is 30.7 Å². The zero-order chi connectivity index (χ0) is 20.5. The van der Waals surface area contributed by atoms with Crippen LogP contribution in [-0.4, -0.2) is 32.1 Å². The minimum Gasteiger partial charge on any atom is -0.394 e. The highest BCUT2D eigenvalue weighted by Crippen LogP contribution is 2.34. The van der Waals surface area contributed by atoms with Crippen molar-refractivity contribution in [3.8, 4) is 0 Å². The Bertz CT molecular complexity index is 1030. The number of carbonyl (C=O) groups is 1. The molecule has 0 radical (unpaired) electrons. The summed E-state index contributed by atoms with van der Waals surface area (Å²) in [6.45, 7) is 1.46. The number of aryl methyl sites for hydroxylation is 1. The Hall–Kier alpha value is -2.36.